The molecule has 0 spiro atoms. The zero-order valence-electron chi connectivity index (χ0n) is 9.61. The Labute approximate surface area is 112 Å². The summed E-state index contributed by atoms with van der Waals surface area (Å²) in [6.07, 6.45) is 1.49. The van der Waals surface area contributed by atoms with Crippen LogP contribution < -0.4 is 5.56 Å². The van der Waals surface area contributed by atoms with Gasteiger partial charge in [-0.05, 0) is 40.4 Å². The van der Waals surface area contributed by atoms with Gasteiger partial charge in [0, 0.05) is 11.2 Å². The van der Waals surface area contributed by atoms with Gasteiger partial charge in [0.05, 0.1) is 10.9 Å². The highest BCUT2D eigenvalue weighted by Crippen LogP contribution is 2.28. The lowest BCUT2D eigenvalue weighted by Gasteiger charge is -2.07. The van der Waals surface area contributed by atoms with Crippen molar-refractivity contribution < 1.29 is 9.90 Å². The van der Waals surface area contributed by atoms with Gasteiger partial charge in [-0.1, -0.05) is 17.7 Å². The largest absolute Gasteiger partial charge is 0.478 e. The van der Waals surface area contributed by atoms with Gasteiger partial charge in [0.2, 0.25) is 0 Å². The number of carbonyl (C=O) groups is 1. The number of halogens is 1. The van der Waals surface area contributed by atoms with Crippen molar-refractivity contribution in [2.24, 2.45) is 0 Å². The minimum atomic E-state index is -1.03. The van der Waals surface area contributed by atoms with Crippen molar-refractivity contribution in [1.29, 1.82) is 0 Å². The molecular weight excluding hydrogens is 266 g/mol. The van der Waals surface area contributed by atoms with E-state index < -0.39 is 5.97 Å². The summed E-state index contributed by atoms with van der Waals surface area (Å²) in [5.41, 5.74) is -0.105. The van der Waals surface area contributed by atoms with E-state index in [0.717, 1.165) is 0 Å². The van der Waals surface area contributed by atoms with E-state index in [1.165, 1.54) is 12.3 Å². The fourth-order valence-electron chi connectivity index (χ4n) is 2.26. The molecule has 0 aliphatic carbocycles. The molecule has 4 nitrogen and oxygen atoms in total. The molecule has 0 saturated heterocycles. The molecule has 0 aliphatic heterocycles. The molecule has 0 saturated carbocycles. The maximum absolute atomic E-state index is 11.9. The lowest BCUT2D eigenvalue weighted by molar-refractivity contribution is 0.0699. The molecule has 0 radical (unpaired) electrons. The van der Waals surface area contributed by atoms with Crippen LogP contribution in [0.2, 0.25) is 5.02 Å². The zero-order valence-corrected chi connectivity index (χ0v) is 10.4. The molecule has 0 bridgehead atoms. The molecule has 2 N–H and O–H groups in total. The van der Waals surface area contributed by atoms with E-state index in [9.17, 15) is 14.7 Å². The maximum Gasteiger partial charge on any atom is 0.336 e. The number of aromatic carboxylic acids is 1. The molecule has 5 heteroatoms. The minimum absolute atomic E-state index is 0.157. The number of H-pyrrole nitrogens is 1. The third kappa shape index (κ3) is 1.77. The molecule has 2 aromatic carbocycles. The average Bonchev–Trinajstić information content (AvgIpc) is 2.37. The normalized spacial score (nSPS) is 11.0. The number of rotatable bonds is 1. The molecule has 19 heavy (non-hydrogen) atoms. The number of pyridine rings is 1. The van der Waals surface area contributed by atoms with Gasteiger partial charge in [-0.15, -0.1) is 0 Å². The second-order valence-electron chi connectivity index (χ2n) is 4.19. The smallest absolute Gasteiger partial charge is 0.336 e. The van der Waals surface area contributed by atoms with E-state index in [0.29, 0.717) is 26.6 Å². The molecule has 0 fully saturated rings. The van der Waals surface area contributed by atoms with Crippen LogP contribution in [0.25, 0.3) is 21.5 Å². The first-order valence-corrected chi connectivity index (χ1v) is 5.92. The highest BCUT2D eigenvalue weighted by molar-refractivity contribution is 6.32. The number of carboxylic acids is 1. The summed E-state index contributed by atoms with van der Waals surface area (Å²) in [7, 11) is 0. The van der Waals surface area contributed by atoms with E-state index in [1.807, 2.05) is 0 Å². The molecule has 3 aromatic rings. The molecule has 1 aromatic heterocycles. The third-order valence-corrected chi connectivity index (χ3v) is 3.30. The summed E-state index contributed by atoms with van der Waals surface area (Å²) >= 11 is 5.94. The Hall–Kier alpha value is -2.33. The number of carboxylic acid groups (broad SMARTS) is 1. The standard InChI is InChI=1S/C14H8ClNO3/c15-8-1-2-9-10(6-8)12-7(3-4-16-13(12)17)5-11(9)14(18)19/h1-6H,(H,16,17)(H,18,19). The second-order valence-corrected chi connectivity index (χ2v) is 4.63. The molecule has 0 aliphatic rings. The van der Waals surface area contributed by atoms with Crippen LogP contribution in [0, 0.1) is 0 Å². The van der Waals surface area contributed by atoms with Gasteiger partial charge >= 0.3 is 5.97 Å². The van der Waals surface area contributed by atoms with Crippen molar-refractivity contribution in [3.63, 3.8) is 0 Å². The summed E-state index contributed by atoms with van der Waals surface area (Å²) in [6, 6.07) is 8.01. The van der Waals surface area contributed by atoms with Crippen molar-refractivity contribution in [2.45, 2.75) is 0 Å². The zero-order chi connectivity index (χ0) is 13.6. The fourth-order valence-corrected chi connectivity index (χ4v) is 2.43. The van der Waals surface area contributed by atoms with Crippen LogP contribution in [0.3, 0.4) is 0 Å². The first kappa shape index (κ1) is 11.7. The highest BCUT2D eigenvalue weighted by atomic mass is 35.5. The first-order chi connectivity index (χ1) is 9.08. The molecule has 3 rings (SSSR count). The Kier molecular flexibility index (Phi) is 2.54. The van der Waals surface area contributed by atoms with Crippen molar-refractivity contribution >= 4 is 39.1 Å². The fraction of sp³-hybridized carbons (Fsp3) is 0. The number of hydrogen-bond acceptors (Lipinski definition) is 2. The molecule has 94 valence electrons. The van der Waals surface area contributed by atoms with Crippen LogP contribution in [0.4, 0.5) is 0 Å². The van der Waals surface area contributed by atoms with Crippen LogP contribution in [0.15, 0.2) is 41.3 Å². The van der Waals surface area contributed by atoms with E-state index in [4.69, 9.17) is 11.6 Å². The monoisotopic (exact) mass is 273 g/mol. The summed E-state index contributed by atoms with van der Waals surface area (Å²) in [6.45, 7) is 0. The summed E-state index contributed by atoms with van der Waals surface area (Å²) < 4.78 is 0. The summed E-state index contributed by atoms with van der Waals surface area (Å²) in [4.78, 5) is 25.8. The third-order valence-electron chi connectivity index (χ3n) is 3.06. The molecule has 0 unspecified atom stereocenters. The lowest BCUT2D eigenvalue weighted by atomic mass is 9.98. The summed E-state index contributed by atoms with van der Waals surface area (Å²) in [5, 5.41) is 11.8. The Morgan fingerprint density at radius 1 is 1.16 bits per heavy atom. The van der Waals surface area contributed by atoms with Crippen LogP contribution in [-0.2, 0) is 0 Å². The average molecular weight is 274 g/mol. The number of fused-ring (bicyclic) bond motifs is 3. The van der Waals surface area contributed by atoms with Crippen LogP contribution in [0.5, 0.6) is 0 Å². The quantitative estimate of drug-likeness (QED) is 0.670. The number of nitrogens with one attached hydrogen (secondary N) is 1. The second kappa shape index (κ2) is 4.10. The number of benzene rings is 2. The van der Waals surface area contributed by atoms with Crippen LogP contribution in [0.1, 0.15) is 10.4 Å². The summed E-state index contributed by atoms with van der Waals surface area (Å²) in [5.74, 6) is -1.03. The van der Waals surface area contributed by atoms with E-state index >= 15 is 0 Å². The molecule has 0 amide bonds. The predicted octanol–water partition coefficient (Wildman–Crippen LogP) is 3.03. The Morgan fingerprint density at radius 3 is 2.68 bits per heavy atom. The van der Waals surface area contributed by atoms with E-state index in [1.54, 1.807) is 24.3 Å². The first-order valence-electron chi connectivity index (χ1n) is 5.55. The lowest BCUT2D eigenvalue weighted by Crippen LogP contribution is -2.07. The van der Waals surface area contributed by atoms with Gasteiger partial charge < -0.3 is 10.1 Å². The number of hydrogen-bond donors (Lipinski definition) is 2. The predicted molar refractivity (Wildman–Crippen MR) is 74.0 cm³/mol. The molecule has 0 atom stereocenters. The maximum atomic E-state index is 11.9. The van der Waals surface area contributed by atoms with Crippen molar-refractivity contribution in [2.75, 3.05) is 0 Å². The number of aromatic amines is 1. The molecular formula is C14H8ClNO3. The Bertz CT molecular complexity index is 883. The van der Waals surface area contributed by atoms with Crippen molar-refractivity contribution in [3.05, 3.63) is 57.5 Å². The van der Waals surface area contributed by atoms with Crippen LogP contribution in [-0.4, -0.2) is 16.1 Å². The van der Waals surface area contributed by atoms with Gasteiger partial charge in [0.1, 0.15) is 0 Å². The van der Waals surface area contributed by atoms with E-state index in [2.05, 4.69) is 4.98 Å². The van der Waals surface area contributed by atoms with Gasteiger partial charge in [0.25, 0.3) is 5.56 Å². The van der Waals surface area contributed by atoms with Gasteiger partial charge in [-0.2, -0.15) is 0 Å². The minimum Gasteiger partial charge on any atom is -0.478 e. The SMILES string of the molecule is O=C(O)c1cc2cc[nH]c(=O)c2c2cc(Cl)ccc12. The van der Waals surface area contributed by atoms with Gasteiger partial charge in [-0.25, -0.2) is 4.79 Å². The number of aromatic nitrogens is 1. The Morgan fingerprint density at radius 2 is 1.95 bits per heavy atom. The topological polar surface area (TPSA) is 70.2 Å². The van der Waals surface area contributed by atoms with Crippen molar-refractivity contribution in [1.82, 2.24) is 4.98 Å². The van der Waals surface area contributed by atoms with E-state index in [-0.39, 0.29) is 11.1 Å². The van der Waals surface area contributed by atoms with Gasteiger partial charge in [-0.3, -0.25) is 4.79 Å². The van der Waals surface area contributed by atoms with Crippen molar-refractivity contribution in [3.8, 4) is 0 Å². The molecule has 1 heterocycles. The van der Waals surface area contributed by atoms with Gasteiger partial charge in [0.15, 0.2) is 0 Å². The van der Waals surface area contributed by atoms with Crippen LogP contribution >= 0.6 is 11.6 Å². The Balaban J connectivity index is 2.67. The highest BCUT2D eigenvalue weighted by Gasteiger charge is 2.13.